The summed E-state index contributed by atoms with van der Waals surface area (Å²) >= 11 is 3.52. The van der Waals surface area contributed by atoms with Crippen molar-refractivity contribution in [2.45, 2.75) is 44.6 Å². The molecule has 0 fully saturated rings. The van der Waals surface area contributed by atoms with Gasteiger partial charge >= 0.3 is 0 Å². The summed E-state index contributed by atoms with van der Waals surface area (Å²) in [4.78, 5) is 32.1. The number of hydrogen-bond acceptors (Lipinski definition) is 4. The molecule has 0 saturated heterocycles. The van der Waals surface area contributed by atoms with E-state index in [-0.39, 0.29) is 16.7 Å². The third-order valence-corrected chi connectivity index (χ3v) is 5.76. The maximum Gasteiger partial charge on any atom is 0.262 e. The van der Waals surface area contributed by atoms with E-state index < -0.39 is 0 Å². The van der Waals surface area contributed by atoms with E-state index in [0.29, 0.717) is 35.7 Å². The number of allylic oxidation sites excluding steroid dienone is 1. The molecule has 0 bridgehead atoms. The highest BCUT2D eigenvalue weighted by Crippen LogP contribution is 2.25. The first-order chi connectivity index (χ1) is 12.3. The van der Waals surface area contributed by atoms with Crippen LogP contribution in [-0.4, -0.2) is 38.7 Å². The number of fused-ring (bicyclic) bond motifs is 1. The van der Waals surface area contributed by atoms with Gasteiger partial charge in [0.1, 0.15) is 0 Å². The van der Waals surface area contributed by atoms with Gasteiger partial charge in [0.25, 0.3) is 5.56 Å². The van der Waals surface area contributed by atoms with E-state index in [2.05, 4.69) is 34.2 Å². The molecule has 0 radical (unpaired) electrons. The molecule has 140 valence electrons. The molecule has 1 heterocycles. The first-order valence-corrected chi connectivity index (χ1v) is 10.5. The number of amides is 1. The fraction of sp³-hybridized carbons (Fsp3) is 0.421. The molecule has 1 aromatic carbocycles. The van der Waals surface area contributed by atoms with Gasteiger partial charge in [-0.25, -0.2) is 4.98 Å². The molecular weight excluding hydrogens is 461 g/mol. The number of thioether (sulfide) groups is 1. The molecule has 0 unspecified atom stereocenters. The molecule has 1 atom stereocenters. The van der Waals surface area contributed by atoms with E-state index >= 15 is 0 Å². The van der Waals surface area contributed by atoms with Gasteiger partial charge in [0.2, 0.25) is 5.91 Å². The van der Waals surface area contributed by atoms with Gasteiger partial charge in [0.15, 0.2) is 5.16 Å². The first-order valence-electron chi connectivity index (χ1n) is 8.58. The predicted molar refractivity (Wildman–Crippen MR) is 117 cm³/mol. The van der Waals surface area contributed by atoms with Crippen LogP contribution < -0.4 is 5.56 Å². The van der Waals surface area contributed by atoms with Gasteiger partial charge in [0.05, 0.1) is 16.2 Å². The van der Waals surface area contributed by atoms with Crippen molar-refractivity contribution < 1.29 is 4.79 Å². The lowest BCUT2D eigenvalue weighted by Gasteiger charge is -2.23. The van der Waals surface area contributed by atoms with Crippen LogP contribution in [-0.2, 0) is 11.3 Å². The molecule has 1 aromatic heterocycles. The van der Waals surface area contributed by atoms with Crippen molar-refractivity contribution >= 4 is 51.2 Å². The molecular formula is C19H24IN3O2S. The highest BCUT2D eigenvalue weighted by molar-refractivity contribution is 14.1. The molecule has 0 aliphatic carbocycles. The molecule has 0 aliphatic heterocycles. The number of aromatic nitrogens is 2. The Balaban J connectivity index is 2.51. The second-order valence-electron chi connectivity index (χ2n) is 6.17. The summed E-state index contributed by atoms with van der Waals surface area (Å²) in [5.41, 5.74) is 1.42. The number of halogens is 1. The third kappa shape index (κ3) is 4.68. The zero-order valence-corrected chi connectivity index (χ0v) is 18.6. The molecule has 5 nitrogen and oxygen atoms in total. The van der Waals surface area contributed by atoms with Crippen molar-refractivity contribution in [2.24, 2.45) is 0 Å². The first kappa shape index (κ1) is 21.0. The van der Waals surface area contributed by atoms with Crippen LogP contribution in [0.2, 0.25) is 0 Å². The Kier molecular flexibility index (Phi) is 7.28. The lowest BCUT2D eigenvalue weighted by molar-refractivity contribution is -0.129. The van der Waals surface area contributed by atoms with Crippen molar-refractivity contribution in [3.8, 4) is 0 Å². The van der Waals surface area contributed by atoms with Gasteiger partial charge in [-0.3, -0.25) is 14.2 Å². The van der Waals surface area contributed by atoms with Gasteiger partial charge in [-0.2, -0.15) is 0 Å². The highest BCUT2D eigenvalue weighted by Gasteiger charge is 2.22. The third-order valence-electron chi connectivity index (χ3n) is 4.01. The van der Waals surface area contributed by atoms with Gasteiger partial charge < -0.3 is 4.90 Å². The Morgan fingerprint density at radius 2 is 2.04 bits per heavy atom. The summed E-state index contributed by atoms with van der Waals surface area (Å²) in [6.45, 7) is 13.3. The average Bonchev–Trinajstić information content (AvgIpc) is 2.59. The molecule has 1 amide bonds. The number of carbonyl (C=O) groups excluding carboxylic acids is 1. The topological polar surface area (TPSA) is 55.2 Å². The molecule has 2 aromatic rings. The Hall–Kier alpha value is -1.35. The summed E-state index contributed by atoms with van der Waals surface area (Å²) in [5.74, 6) is 0.0545. The zero-order chi connectivity index (χ0) is 19.4. The fourth-order valence-corrected chi connectivity index (χ4v) is 4.16. The van der Waals surface area contributed by atoms with Gasteiger partial charge in [-0.05, 0) is 68.5 Å². The summed E-state index contributed by atoms with van der Waals surface area (Å²) in [6, 6.07) is 5.63. The Labute approximate surface area is 172 Å². The van der Waals surface area contributed by atoms with Crippen LogP contribution >= 0.6 is 34.4 Å². The second-order valence-corrected chi connectivity index (χ2v) is 8.73. The van der Waals surface area contributed by atoms with Crippen LogP contribution in [0.1, 0.15) is 27.7 Å². The maximum absolute atomic E-state index is 13.0. The minimum Gasteiger partial charge on any atom is -0.342 e. The second kappa shape index (κ2) is 9.03. The zero-order valence-electron chi connectivity index (χ0n) is 15.6. The number of rotatable bonds is 7. The molecule has 0 aliphatic rings. The summed E-state index contributed by atoms with van der Waals surface area (Å²) < 4.78 is 2.61. The lowest BCUT2D eigenvalue weighted by atomic mass is 10.2. The lowest BCUT2D eigenvalue weighted by Crippen LogP contribution is -2.36. The van der Waals surface area contributed by atoms with Crippen molar-refractivity contribution in [3.05, 3.63) is 44.3 Å². The standard InChI is InChI=1S/C19H24IN3O2S/c1-6-22(7-2)17(24)13(5)26-19-21-16-9-8-14(20)10-15(16)18(25)23(19)11-12(3)4/h8-10,13H,3,6-7,11H2,1-2,4-5H3/t13-/m1/s1. The van der Waals surface area contributed by atoms with E-state index in [1.54, 1.807) is 9.47 Å². The van der Waals surface area contributed by atoms with Gasteiger partial charge in [-0.15, -0.1) is 0 Å². The van der Waals surface area contributed by atoms with Gasteiger partial charge in [-0.1, -0.05) is 23.9 Å². The predicted octanol–water partition coefficient (Wildman–Crippen LogP) is 3.93. The van der Waals surface area contributed by atoms with Crippen LogP contribution in [0.4, 0.5) is 0 Å². The minimum atomic E-state index is -0.320. The maximum atomic E-state index is 13.0. The van der Waals surface area contributed by atoms with Crippen LogP contribution in [0, 0.1) is 3.57 Å². The van der Waals surface area contributed by atoms with Crippen LogP contribution in [0.5, 0.6) is 0 Å². The van der Waals surface area contributed by atoms with Crippen LogP contribution in [0.15, 0.2) is 40.3 Å². The highest BCUT2D eigenvalue weighted by atomic mass is 127. The average molecular weight is 485 g/mol. The van der Waals surface area contributed by atoms with Crippen molar-refractivity contribution in [3.63, 3.8) is 0 Å². The van der Waals surface area contributed by atoms with Gasteiger partial charge in [0, 0.05) is 23.2 Å². The number of nitrogens with zero attached hydrogens (tertiary/aromatic N) is 3. The molecule has 0 spiro atoms. The van der Waals surface area contributed by atoms with E-state index in [9.17, 15) is 9.59 Å². The Morgan fingerprint density at radius 1 is 1.38 bits per heavy atom. The van der Waals surface area contributed by atoms with E-state index in [0.717, 1.165) is 9.14 Å². The molecule has 0 N–H and O–H groups in total. The van der Waals surface area contributed by atoms with Crippen LogP contribution in [0.3, 0.4) is 0 Å². The SMILES string of the molecule is C=C(C)Cn1c(S[C@H](C)C(=O)N(CC)CC)nc2ccc(I)cc2c1=O. The summed E-state index contributed by atoms with van der Waals surface area (Å²) in [7, 11) is 0. The quantitative estimate of drug-likeness (QED) is 0.258. The Morgan fingerprint density at radius 3 is 2.62 bits per heavy atom. The molecule has 26 heavy (non-hydrogen) atoms. The van der Waals surface area contributed by atoms with Crippen LogP contribution in [0.25, 0.3) is 10.9 Å². The van der Waals surface area contributed by atoms with Crippen molar-refractivity contribution in [2.75, 3.05) is 13.1 Å². The van der Waals surface area contributed by atoms with Crippen molar-refractivity contribution in [1.82, 2.24) is 14.5 Å². The monoisotopic (exact) mass is 485 g/mol. The molecule has 2 rings (SSSR count). The summed E-state index contributed by atoms with van der Waals surface area (Å²) in [5, 5.41) is 0.824. The Bertz CT molecular complexity index is 890. The number of benzene rings is 1. The fourth-order valence-electron chi connectivity index (χ4n) is 2.67. The number of hydrogen-bond donors (Lipinski definition) is 0. The van der Waals surface area contributed by atoms with E-state index in [4.69, 9.17) is 0 Å². The van der Waals surface area contributed by atoms with E-state index in [1.807, 2.05) is 45.9 Å². The minimum absolute atomic E-state index is 0.0545. The number of carbonyl (C=O) groups is 1. The molecule has 0 saturated carbocycles. The largest absolute Gasteiger partial charge is 0.342 e. The smallest absolute Gasteiger partial charge is 0.262 e. The van der Waals surface area contributed by atoms with E-state index in [1.165, 1.54) is 11.8 Å². The normalized spacial score (nSPS) is 12.2. The molecule has 7 heteroatoms. The van der Waals surface area contributed by atoms with Crippen molar-refractivity contribution in [1.29, 1.82) is 0 Å². The summed E-state index contributed by atoms with van der Waals surface area (Å²) in [6.07, 6.45) is 0.